The standard InChI is InChI=1S/C8H9NOS2/c1-11-12-7-5-3-2-4-6(7)8(9)10/h2-5H,1H3,(H2,9,10). The highest BCUT2D eigenvalue weighted by Crippen LogP contribution is 2.30. The van der Waals surface area contributed by atoms with E-state index in [9.17, 15) is 4.79 Å². The smallest absolute Gasteiger partial charge is 0.249 e. The molecular weight excluding hydrogens is 190 g/mol. The Morgan fingerprint density at radius 2 is 2.08 bits per heavy atom. The van der Waals surface area contributed by atoms with E-state index in [0.29, 0.717) is 5.56 Å². The van der Waals surface area contributed by atoms with Crippen LogP contribution in [-0.4, -0.2) is 12.2 Å². The maximum atomic E-state index is 10.9. The minimum absolute atomic E-state index is 0.368. The first-order chi connectivity index (χ1) is 5.75. The fourth-order valence-electron chi connectivity index (χ4n) is 0.833. The molecule has 0 unspecified atom stereocenters. The summed E-state index contributed by atoms with van der Waals surface area (Å²) in [5.41, 5.74) is 5.78. The van der Waals surface area contributed by atoms with Gasteiger partial charge in [0.2, 0.25) is 5.91 Å². The first-order valence-electron chi connectivity index (χ1n) is 3.35. The topological polar surface area (TPSA) is 43.1 Å². The summed E-state index contributed by atoms with van der Waals surface area (Å²) in [6, 6.07) is 7.33. The van der Waals surface area contributed by atoms with E-state index in [2.05, 4.69) is 0 Å². The highest BCUT2D eigenvalue weighted by Gasteiger charge is 2.05. The average molecular weight is 199 g/mol. The predicted molar refractivity (Wildman–Crippen MR) is 54.3 cm³/mol. The summed E-state index contributed by atoms with van der Waals surface area (Å²) in [6.45, 7) is 0. The van der Waals surface area contributed by atoms with Gasteiger partial charge < -0.3 is 5.73 Å². The monoisotopic (exact) mass is 199 g/mol. The zero-order valence-corrected chi connectivity index (χ0v) is 8.24. The summed E-state index contributed by atoms with van der Waals surface area (Å²) < 4.78 is 0. The maximum absolute atomic E-state index is 10.9. The summed E-state index contributed by atoms with van der Waals surface area (Å²) >= 11 is 0. The highest BCUT2D eigenvalue weighted by molar-refractivity contribution is 8.76. The summed E-state index contributed by atoms with van der Waals surface area (Å²) in [5.74, 6) is -0.368. The van der Waals surface area contributed by atoms with Crippen LogP contribution in [0, 0.1) is 0 Å². The lowest BCUT2D eigenvalue weighted by atomic mass is 10.2. The van der Waals surface area contributed by atoms with Crippen LogP contribution < -0.4 is 5.73 Å². The minimum Gasteiger partial charge on any atom is -0.366 e. The van der Waals surface area contributed by atoms with Gasteiger partial charge in [0.05, 0.1) is 5.56 Å². The second-order valence-electron chi connectivity index (χ2n) is 2.11. The van der Waals surface area contributed by atoms with Gasteiger partial charge in [0.25, 0.3) is 0 Å². The van der Waals surface area contributed by atoms with Crippen LogP contribution in [0.15, 0.2) is 29.2 Å². The van der Waals surface area contributed by atoms with Gasteiger partial charge >= 0.3 is 0 Å². The Labute approximate surface area is 79.3 Å². The van der Waals surface area contributed by atoms with Crippen molar-refractivity contribution in [2.24, 2.45) is 5.73 Å². The van der Waals surface area contributed by atoms with Crippen molar-refractivity contribution >= 4 is 27.5 Å². The average Bonchev–Trinajstić information content (AvgIpc) is 2.05. The van der Waals surface area contributed by atoms with Gasteiger partial charge in [0.15, 0.2) is 0 Å². The van der Waals surface area contributed by atoms with Crippen LogP contribution in [0.4, 0.5) is 0 Å². The highest BCUT2D eigenvalue weighted by atomic mass is 33.1. The Morgan fingerprint density at radius 3 is 2.67 bits per heavy atom. The number of benzene rings is 1. The molecule has 0 aromatic heterocycles. The van der Waals surface area contributed by atoms with Crippen molar-refractivity contribution < 1.29 is 4.79 Å². The van der Waals surface area contributed by atoms with Crippen molar-refractivity contribution in [3.8, 4) is 0 Å². The number of carbonyl (C=O) groups excluding carboxylic acids is 1. The van der Waals surface area contributed by atoms with Gasteiger partial charge in [0.1, 0.15) is 0 Å². The van der Waals surface area contributed by atoms with Crippen LogP contribution in [0.1, 0.15) is 10.4 Å². The molecule has 1 aromatic rings. The summed E-state index contributed by atoms with van der Waals surface area (Å²) in [7, 11) is 3.14. The third-order valence-corrected chi connectivity index (χ3v) is 3.07. The number of hydrogen-bond donors (Lipinski definition) is 1. The van der Waals surface area contributed by atoms with E-state index < -0.39 is 0 Å². The molecule has 12 heavy (non-hydrogen) atoms. The Kier molecular flexibility index (Phi) is 3.49. The van der Waals surface area contributed by atoms with Crippen molar-refractivity contribution in [2.45, 2.75) is 4.90 Å². The van der Waals surface area contributed by atoms with Crippen LogP contribution in [0.2, 0.25) is 0 Å². The van der Waals surface area contributed by atoms with E-state index in [0.717, 1.165) is 4.90 Å². The van der Waals surface area contributed by atoms with Gasteiger partial charge in [-0.1, -0.05) is 33.7 Å². The molecule has 0 saturated heterocycles. The van der Waals surface area contributed by atoms with E-state index in [4.69, 9.17) is 5.73 Å². The molecule has 0 atom stereocenters. The molecule has 0 aliphatic heterocycles. The molecule has 0 saturated carbocycles. The van der Waals surface area contributed by atoms with Gasteiger partial charge in [-0.3, -0.25) is 4.79 Å². The quantitative estimate of drug-likeness (QED) is 0.758. The zero-order chi connectivity index (χ0) is 8.97. The Morgan fingerprint density at radius 1 is 1.42 bits per heavy atom. The van der Waals surface area contributed by atoms with Gasteiger partial charge in [-0.2, -0.15) is 0 Å². The maximum Gasteiger partial charge on any atom is 0.249 e. The largest absolute Gasteiger partial charge is 0.366 e. The van der Waals surface area contributed by atoms with Crippen LogP contribution in [0.25, 0.3) is 0 Å². The third-order valence-electron chi connectivity index (χ3n) is 1.33. The normalized spacial score (nSPS) is 9.75. The molecule has 4 heteroatoms. The number of primary amides is 1. The molecule has 0 fully saturated rings. The second kappa shape index (κ2) is 4.42. The molecule has 0 aliphatic rings. The number of nitrogens with two attached hydrogens (primary N) is 1. The number of rotatable bonds is 3. The Hall–Kier alpha value is -0.610. The van der Waals surface area contributed by atoms with Gasteiger partial charge in [-0.05, 0) is 18.4 Å². The van der Waals surface area contributed by atoms with Crippen molar-refractivity contribution in [2.75, 3.05) is 6.26 Å². The van der Waals surface area contributed by atoms with E-state index in [-0.39, 0.29) is 5.91 Å². The van der Waals surface area contributed by atoms with Crippen molar-refractivity contribution in [3.05, 3.63) is 29.8 Å². The van der Waals surface area contributed by atoms with Crippen molar-refractivity contribution in [1.29, 1.82) is 0 Å². The zero-order valence-electron chi connectivity index (χ0n) is 6.61. The van der Waals surface area contributed by atoms with Gasteiger partial charge in [-0.15, -0.1) is 0 Å². The molecule has 1 rings (SSSR count). The molecular formula is C8H9NOS2. The third kappa shape index (κ3) is 2.19. The lowest BCUT2D eigenvalue weighted by Gasteiger charge is -2.02. The molecule has 2 N–H and O–H groups in total. The van der Waals surface area contributed by atoms with Gasteiger partial charge in [-0.25, -0.2) is 0 Å². The molecule has 0 aliphatic carbocycles. The van der Waals surface area contributed by atoms with Crippen LogP contribution in [-0.2, 0) is 0 Å². The first kappa shape index (κ1) is 9.48. The van der Waals surface area contributed by atoms with Crippen molar-refractivity contribution in [3.63, 3.8) is 0 Å². The molecule has 64 valence electrons. The second-order valence-corrected chi connectivity index (χ2v) is 4.55. The SMILES string of the molecule is CSSc1ccccc1C(N)=O. The van der Waals surface area contributed by atoms with E-state index in [1.807, 2.05) is 24.5 Å². The Bertz CT molecular complexity index is 288. The van der Waals surface area contributed by atoms with Crippen LogP contribution in [0.3, 0.4) is 0 Å². The van der Waals surface area contributed by atoms with Crippen LogP contribution >= 0.6 is 21.6 Å². The summed E-state index contributed by atoms with van der Waals surface area (Å²) in [6.07, 6.45) is 1.96. The molecule has 1 aromatic carbocycles. The molecule has 0 bridgehead atoms. The molecule has 2 nitrogen and oxygen atoms in total. The lowest BCUT2D eigenvalue weighted by Crippen LogP contribution is -2.11. The lowest BCUT2D eigenvalue weighted by molar-refractivity contribution is 0.0997. The van der Waals surface area contributed by atoms with Gasteiger partial charge in [0, 0.05) is 4.90 Å². The first-order valence-corrected chi connectivity index (χ1v) is 5.91. The molecule has 1 amide bonds. The predicted octanol–water partition coefficient (Wildman–Crippen LogP) is 2.16. The minimum atomic E-state index is -0.368. The van der Waals surface area contributed by atoms with E-state index >= 15 is 0 Å². The van der Waals surface area contributed by atoms with E-state index in [1.165, 1.54) is 0 Å². The fourth-order valence-corrected chi connectivity index (χ4v) is 2.38. The number of carbonyl (C=O) groups is 1. The molecule has 0 spiro atoms. The summed E-state index contributed by atoms with van der Waals surface area (Å²) in [4.78, 5) is 11.8. The number of hydrogen-bond acceptors (Lipinski definition) is 3. The Balaban J connectivity index is 3.00. The van der Waals surface area contributed by atoms with E-state index in [1.54, 1.807) is 27.7 Å². The summed E-state index contributed by atoms with van der Waals surface area (Å²) in [5, 5.41) is 0. The van der Waals surface area contributed by atoms with Crippen LogP contribution in [0.5, 0.6) is 0 Å². The molecule has 0 radical (unpaired) electrons. The van der Waals surface area contributed by atoms with Crippen molar-refractivity contribution in [1.82, 2.24) is 0 Å². The number of amides is 1. The fraction of sp³-hybridized carbons (Fsp3) is 0.125. The molecule has 0 heterocycles.